The molecule has 4 heterocycles. The third-order valence-corrected chi connectivity index (χ3v) is 5.74. The molecule has 0 unspecified atom stereocenters. The largest absolute Gasteiger partial charge is 0.370 e. The number of ether oxygens (including phenoxy) is 1. The van der Waals surface area contributed by atoms with Gasteiger partial charge in [0, 0.05) is 17.7 Å². The maximum atomic E-state index is 6.56. The van der Waals surface area contributed by atoms with E-state index in [0.717, 1.165) is 35.9 Å². The molecule has 2 N–H and O–H groups in total. The average Bonchev–Trinajstić information content (AvgIpc) is 2.62. The Hall–Kier alpha value is -1.20. The van der Waals surface area contributed by atoms with E-state index in [1.165, 1.54) is 35.1 Å². The van der Waals surface area contributed by atoms with Gasteiger partial charge in [-0.2, -0.15) is 0 Å². The molecular formula is C16H22N3OS+. The standard InChI is InChI=1S/C16H21N3OS/c1-16(2)8-10-11(9-20-16)21-15-13(10)14(17)19-7-5-3-4-6-12(19)18-15/h17H,3-9H2,1-2H3/p+1. The van der Waals surface area contributed by atoms with E-state index in [1.54, 1.807) is 11.3 Å². The van der Waals surface area contributed by atoms with Gasteiger partial charge in [-0.15, -0.1) is 11.3 Å². The number of nitrogens with zero attached hydrogens (tertiary/aromatic N) is 2. The minimum Gasteiger partial charge on any atom is -0.370 e. The zero-order chi connectivity index (χ0) is 14.6. The molecule has 2 aromatic heterocycles. The highest BCUT2D eigenvalue weighted by Gasteiger charge is 2.33. The van der Waals surface area contributed by atoms with Crippen LogP contribution in [-0.2, 0) is 30.7 Å². The Morgan fingerprint density at radius 1 is 1.29 bits per heavy atom. The van der Waals surface area contributed by atoms with Gasteiger partial charge in [0.2, 0.25) is 16.5 Å². The zero-order valence-electron chi connectivity index (χ0n) is 12.7. The van der Waals surface area contributed by atoms with Crippen LogP contribution in [0, 0.1) is 0 Å². The second kappa shape index (κ2) is 4.65. The number of fused-ring (bicyclic) bond motifs is 4. The van der Waals surface area contributed by atoms with Gasteiger partial charge in [-0.3, -0.25) is 0 Å². The Balaban J connectivity index is 1.95. The summed E-state index contributed by atoms with van der Waals surface area (Å²) in [5.41, 5.74) is 7.82. The van der Waals surface area contributed by atoms with Gasteiger partial charge in [0.25, 0.3) is 0 Å². The average molecular weight is 304 g/mol. The topological polar surface area (TPSA) is 52.0 Å². The molecule has 0 fully saturated rings. The first-order chi connectivity index (χ1) is 10.1. The van der Waals surface area contributed by atoms with Crippen LogP contribution in [0.15, 0.2) is 0 Å². The summed E-state index contributed by atoms with van der Waals surface area (Å²) in [6.07, 6.45) is 5.67. The van der Waals surface area contributed by atoms with Gasteiger partial charge in [-0.25, -0.2) is 4.57 Å². The number of anilines is 1. The van der Waals surface area contributed by atoms with Crippen LogP contribution in [0.5, 0.6) is 0 Å². The Bertz CT molecular complexity index is 720. The predicted octanol–water partition coefficient (Wildman–Crippen LogP) is 2.74. The molecule has 0 radical (unpaired) electrons. The van der Waals surface area contributed by atoms with Crippen LogP contribution in [0.25, 0.3) is 10.2 Å². The molecule has 0 spiro atoms. The Kier molecular flexibility index (Phi) is 2.98. The van der Waals surface area contributed by atoms with Crippen molar-refractivity contribution in [1.29, 1.82) is 0 Å². The normalized spacial score (nSPS) is 20.9. The molecule has 0 saturated carbocycles. The molecule has 5 heteroatoms. The van der Waals surface area contributed by atoms with Crippen molar-refractivity contribution < 1.29 is 9.30 Å². The van der Waals surface area contributed by atoms with Crippen LogP contribution in [-0.4, -0.2) is 10.6 Å². The fourth-order valence-electron chi connectivity index (χ4n) is 3.50. The van der Waals surface area contributed by atoms with Crippen molar-refractivity contribution >= 4 is 27.4 Å². The third kappa shape index (κ3) is 2.14. The van der Waals surface area contributed by atoms with E-state index in [0.29, 0.717) is 6.61 Å². The van der Waals surface area contributed by atoms with Crippen molar-refractivity contribution in [3.63, 3.8) is 0 Å². The molecule has 0 atom stereocenters. The lowest BCUT2D eigenvalue weighted by atomic mass is 9.94. The Morgan fingerprint density at radius 3 is 3.00 bits per heavy atom. The molecule has 0 amide bonds. The summed E-state index contributed by atoms with van der Waals surface area (Å²) >= 11 is 1.76. The summed E-state index contributed by atoms with van der Waals surface area (Å²) in [6, 6.07) is 0. The van der Waals surface area contributed by atoms with Crippen LogP contribution >= 0.6 is 11.3 Å². The van der Waals surface area contributed by atoms with E-state index in [-0.39, 0.29) is 5.60 Å². The molecule has 2 aliphatic heterocycles. The van der Waals surface area contributed by atoms with Crippen molar-refractivity contribution in [2.75, 3.05) is 5.73 Å². The molecule has 4 nitrogen and oxygen atoms in total. The first-order valence-electron chi connectivity index (χ1n) is 7.81. The number of aryl methyl sites for hydroxylation is 1. The van der Waals surface area contributed by atoms with Gasteiger partial charge in [-0.1, -0.05) is 4.98 Å². The van der Waals surface area contributed by atoms with Crippen molar-refractivity contribution in [2.45, 2.75) is 64.7 Å². The van der Waals surface area contributed by atoms with E-state index in [1.807, 2.05) is 0 Å². The van der Waals surface area contributed by atoms with Gasteiger partial charge in [0.1, 0.15) is 5.39 Å². The molecule has 0 aliphatic carbocycles. The minimum atomic E-state index is -0.106. The van der Waals surface area contributed by atoms with E-state index in [4.69, 9.17) is 15.5 Å². The molecule has 112 valence electrons. The van der Waals surface area contributed by atoms with Crippen molar-refractivity contribution in [3.05, 3.63) is 16.3 Å². The summed E-state index contributed by atoms with van der Waals surface area (Å²) in [5.74, 6) is 2.09. The van der Waals surface area contributed by atoms with E-state index in [9.17, 15) is 0 Å². The lowest BCUT2D eigenvalue weighted by Gasteiger charge is -2.29. The first kappa shape index (κ1) is 13.5. The number of hydrogen-bond donors (Lipinski definition) is 1. The minimum absolute atomic E-state index is 0.106. The number of thiophene rings is 1. The summed E-state index contributed by atoms with van der Waals surface area (Å²) in [7, 11) is 0. The molecule has 0 saturated heterocycles. The molecule has 2 aromatic rings. The fourth-order valence-corrected chi connectivity index (χ4v) is 4.63. The summed E-state index contributed by atoms with van der Waals surface area (Å²) in [6.45, 7) is 6.01. The molecule has 0 bridgehead atoms. The predicted molar refractivity (Wildman–Crippen MR) is 84.4 cm³/mol. The lowest BCUT2D eigenvalue weighted by Crippen LogP contribution is -2.42. The monoisotopic (exact) mass is 304 g/mol. The highest BCUT2D eigenvalue weighted by atomic mass is 32.1. The van der Waals surface area contributed by atoms with Gasteiger partial charge in [0.15, 0.2) is 0 Å². The van der Waals surface area contributed by atoms with E-state index >= 15 is 0 Å². The second-order valence-electron chi connectivity index (χ2n) is 6.78. The van der Waals surface area contributed by atoms with E-state index < -0.39 is 0 Å². The summed E-state index contributed by atoms with van der Waals surface area (Å²) in [4.78, 5) is 7.35. The molecular weight excluding hydrogens is 282 g/mol. The Morgan fingerprint density at radius 2 is 2.14 bits per heavy atom. The maximum absolute atomic E-state index is 6.56. The van der Waals surface area contributed by atoms with Crippen LogP contribution in [0.3, 0.4) is 0 Å². The van der Waals surface area contributed by atoms with Crippen LogP contribution in [0.4, 0.5) is 5.82 Å². The number of nitrogens with two attached hydrogens (primary N) is 1. The zero-order valence-corrected chi connectivity index (χ0v) is 13.6. The fraction of sp³-hybridized carbons (Fsp3) is 0.625. The summed E-state index contributed by atoms with van der Waals surface area (Å²) in [5, 5.41) is 1.19. The first-order valence-corrected chi connectivity index (χ1v) is 8.63. The van der Waals surface area contributed by atoms with Crippen molar-refractivity contribution in [3.8, 4) is 0 Å². The number of rotatable bonds is 0. The second-order valence-corrected chi connectivity index (χ2v) is 7.87. The van der Waals surface area contributed by atoms with Crippen LogP contribution in [0.2, 0.25) is 0 Å². The van der Waals surface area contributed by atoms with Gasteiger partial charge in [0.05, 0.1) is 18.8 Å². The van der Waals surface area contributed by atoms with Crippen molar-refractivity contribution in [2.24, 2.45) is 0 Å². The number of hydrogen-bond acceptors (Lipinski definition) is 4. The lowest BCUT2D eigenvalue weighted by molar-refractivity contribution is -0.690. The maximum Gasteiger partial charge on any atom is 0.240 e. The SMILES string of the molecule is CC1(C)Cc2c(sc3nc4[n+](c(N)c23)CCCCC4)CO1. The summed E-state index contributed by atoms with van der Waals surface area (Å²) < 4.78 is 8.20. The van der Waals surface area contributed by atoms with Gasteiger partial charge in [-0.05, 0) is 38.7 Å². The third-order valence-electron chi connectivity index (χ3n) is 4.64. The molecule has 2 aliphatic rings. The number of aromatic nitrogens is 2. The van der Waals surface area contributed by atoms with Crippen molar-refractivity contribution in [1.82, 2.24) is 4.98 Å². The van der Waals surface area contributed by atoms with E-state index in [2.05, 4.69) is 18.4 Å². The van der Waals surface area contributed by atoms with Crippen LogP contribution < -0.4 is 10.3 Å². The molecule has 0 aromatic carbocycles. The Labute approximate surface area is 128 Å². The smallest absolute Gasteiger partial charge is 0.240 e. The van der Waals surface area contributed by atoms with Gasteiger partial charge >= 0.3 is 0 Å². The quantitative estimate of drug-likeness (QED) is 0.761. The number of nitrogen functional groups attached to an aromatic ring is 1. The highest BCUT2D eigenvalue weighted by Crippen LogP contribution is 2.40. The highest BCUT2D eigenvalue weighted by molar-refractivity contribution is 7.18. The van der Waals surface area contributed by atoms with Crippen LogP contribution in [0.1, 0.15) is 49.4 Å². The van der Waals surface area contributed by atoms with Gasteiger partial charge < -0.3 is 10.5 Å². The molecule has 4 rings (SSSR count). The molecule has 21 heavy (non-hydrogen) atoms.